The molecule has 2 bridgehead atoms. The number of rotatable bonds is 1. The largest absolute Gasteiger partial charge is 0.481 e. The number of carbonyl (C=O) groups is 1. The lowest BCUT2D eigenvalue weighted by atomic mass is 9.74. The van der Waals surface area contributed by atoms with Crippen LogP contribution in [0.25, 0.3) is 0 Å². The molecule has 12 heavy (non-hydrogen) atoms. The third kappa shape index (κ3) is 0.829. The molecule has 2 N–H and O–H groups in total. The van der Waals surface area contributed by atoms with E-state index in [9.17, 15) is 9.90 Å². The van der Waals surface area contributed by atoms with Gasteiger partial charge in [0, 0.05) is 0 Å². The second-order valence-electron chi connectivity index (χ2n) is 4.42. The Morgan fingerprint density at radius 3 is 2.50 bits per heavy atom. The molecule has 2 aliphatic carbocycles. The van der Waals surface area contributed by atoms with E-state index in [0.29, 0.717) is 12.8 Å². The van der Waals surface area contributed by atoms with Crippen LogP contribution in [0.15, 0.2) is 0 Å². The molecule has 0 heterocycles. The van der Waals surface area contributed by atoms with E-state index < -0.39 is 11.4 Å². The minimum absolute atomic E-state index is 0.204. The highest BCUT2D eigenvalue weighted by Gasteiger charge is 2.56. The number of carboxylic acids is 1. The number of carboxylic acid groups (broad SMARTS) is 1. The summed E-state index contributed by atoms with van der Waals surface area (Å²) in [6, 6.07) is 0. The van der Waals surface area contributed by atoms with E-state index >= 15 is 0 Å². The van der Waals surface area contributed by atoms with Crippen molar-refractivity contribution in [3.05, 3.63) is 0 Å². The first kappa shape index (κ1) is 8.05. The van der Waals surface area contributed by atoms with Crippen molar-refractivity contribution in [2.75, 3.05) is 0 Å². The average molecular weight is 170 g/mol. The van der Waals surface area contributed by atoms with Crippen LogP contribution in [0, 0.1) is 17.3 Å². The molecule has 0 aromatic carbocycles. The maximum atomic E-state index is 10.9. The number of aliphatic hydroxyl groups excluding tert-OH is 1. The molecule has 4 atom stereocenters. The van der Waals surface area contributed by atoms with E-state index in [-0.39, 0.29) is 17.9 Å². The van der Waals surface area contributed by atoms with Gasteiger partial charge in [0.1, 0.15) is 0 Å². The lowest BCUT2D eigenvalue weighted by Gasteiger charge is -2.31. The summed E-state index contributed by atoms with van der Waals surface area (Å²) in [4.78, 5) is 10.9. The van der Waals surface area contributed by atoms with Crippen LogP contribution in [0.1, 0.15) is 26.2 Å². The zero-order valence-corrected chi connectivity index (χ0v) is 7.16. The highest BCUT2D eigenvalue weighted by molar-refractivity contribution is 5.75. The minimum Gasteiger partial charge on any atom is -0.481 e. The Morgan fingerprint density at radius 1 is 1.50 bits per heavy atom. The van der Waals surface area contributed by atoms with Gasteiger partial charge in [-0.05, 0) is 38.0 Å². The fourth-order valence-corrected chi connectivity index (χ4v) is 2.82. The van der Waals surface area contributed by atoms with Crippen LogP contribution < -0.4 is 0 Å². The van der Waals surface area contributed by atoms with E-state index in [2.05, 4.69) is 0 Å². The normalized spacial score (nSPS) is 51.3. The van der Waals surface area contributed by atoms with E-state index in [0.717, 1.165) is 6.42 Å². The van der Waals surface area contributed by atoms with Gasteiger partial charge in [-0.2, -0.15) is 0 Å². The van der Waals surface area contributed by atoms with E-state index in [4.69, 9.17) is 5.11 Å². The molecular weight excluding hydrogens is 156 g/mol. The lowest BCUT2D eigenvalue weighted by Crippen LogP contribution is -2.36. The Hall–Kier alpha value is -0.570. The Kier molecular flexibility index (Phi) is 1.49. The molecule has 2 saturated carbocycles. The number of hydrogen-bond acceptors (Lipinski definition) is 2. The summed E-state index contributed by atoms with van der Waals surface area (Å²) in [7, 11) is 0. The summed E-state index contributed by atoms with van der Waals surface area (Å²) >= 11 is 0. The van der Waals surface area contributed by atoms with E-state index in [1.165, 1.54) is 0 Å². The van der Waals surface area contributed by atoms with Gasteiger partial charge in [-0.1, -0.05) is 0 Å². The van der Waals surface area contributed by atoms with Crippen LogP contribution in [0.4, 0.5) is 0 Å². The van der Waals surface area contributed by atoms with Gasteiger partial charge in [-0.15, -0.1) is 0 Å². The summed E-state index contributed by atoms with van der Waals surface area (Å²) in [6.45, 7) is 1.81. The van der Waals surface area contributed by atoms with Crippen molar-refractivity contribution >= 4 is 5.97 Å². The molecule has 0 spiro atoms. The predicted octanol–water partition coefficient (Wildman–Crippen LogP) is 0.868. The third-order valence-corrected chi connectivity index (χ3v) is 3.73. The van der Waals surface area contributed by atoms with Gasteiger partial charge in [0.2, 0.25) is 0 Å². The van der Waals surface area contributed by atoms with Gasteiger partial charge in [-0.25, -0.2) is 0 Å². The summed E-state index contributed by atoms with van der Waals surface area (Å²) in [5.41, 5.74) is -0.552. The zero-order chi connectivity index (χ0) is 8.93. The first-order chi connectivity index (χ1) is 5.54. The van der Waals surface area contributed by atoms with Gasteiger partial charge in [0.25, 0.3) is 0 Å². The highest BCUT2D eigenvalue weighted by Crippen LogP contribution is 2.55. The Labute approximate surface area is 71.4 Å². The summed E-state index contributed by atoms with van der Waals surface area (Å²) < 4.78 is 0. The fraction of sp³-hybridized carbons (Fsp3) is 0.889. The molecule has 0 saturated heterocycles. The van der Waals surface area contributed by atoms with Gasteiger partial charge in [-0.3, -0.25) is 4.79 Å². The fourth-order valence-electron chi connectivity index (χ4n) is 2.82. The average Bonchev–Trinajstić information content (AvgIpc) is 2.45. The maximum absolute atomic E-state index is 10.9. The quantitative estimate of drug-likeness (QED) is 0.614. The van der Waals surface area contributed by atoms with Gasteiger partial charge in [0.15, 0.2) is 0 Å². The van der Waals surface area contributed by atoms with Crippen molar-refractivity contribution in [3.63, 3.8) is 0 Å². The van der Waals surface area contributed by atoms with Crippen LogP contribution in [-0.2, 0) is 4.79 Å². The van der Waals surface area contributed by atoms with Crippen molar-refractivity contribution in [1.82, 2.24) is 0 Å². The Balaban J connectivity index is 2.21. The molecule has 0 aromatic heterocycles. The van der Waals surface area contributed by atoms with Crippen LogP contribution in [0.2, 0.25) is 0 Å². The summed E-state index contributed by atoms with van der Waals surface area (Å²) in [5, 5.41) is 18.4. The maximum Gasteiger partial charge on any atom is 0.309 e. The van der Waals surface area contributed by atoms with Crippen molar-refractivity contribution in [1.29, 1.82) is 0 Å². The van der Waals surface area contributed by atoms with Gasteiger partial charge < -0.3 is 10.2 Å². The lowest BCUT2D eigenvalue weighted by molar-refractivity contribution is -0.152. The van der Waals surface area contributed by atoms with E-state index in [1.807, 2.05) is 6.92 Å². The molecule has 3 heteroatoms. The number of hydrogen-bond donors (Lipinski definition) is 2. The molecule has 0 amide bonds. The second kappa shape index (κ2) is 2.22. The van der Waals surface area contributed by atoms with E-state index in [1.54, 1.807) is 0 Å². The molecule has 2 aliphatic rings. The molecule has 2 rings (SSSR count). The molecule has 0 unspecified atom stereocenters. The minimum atomic E-state index is -0.693. The molecular formula is C9H14O3. The van der Waals surface area contributed by atoms with Crippen LogP contribution >= 0.6 is 0 Å². The van der Waals surface area contributed by atoms with Crippen LogP contribution in [-0.4, -0.2) is 22.3 Å². The molecule has 0 aliphatic heterocycles. The Bertz CT molecular complexity index is 224. The van der Waals surface area contributed by atoms with Crippen molar-refractivity contribution in [3.8, 4) is 0 Å². The molecule has 68 valence electrons. The van der Waals surface area contributed by atoms with Gasteiger partial charge in [0.05, 0.1) is 11.5 Å². The summed E-state index contributed by atoms with van der Waals surface area (Å²) in [6.07, 6.45) is 2.02. The summed E-state index contributed by atoms with van der Waals surface area (Å²) in [5.74, 6) is -0.243. The van der Waals surface area contributed by atoms with Crippen molar-refractivity contribution < 1.29 is 15.0 Å². The number of aliphatic hydroxyl groups is 1. The molecule has 0 radical (unpaired) electrons. The third-order valence-electron chi connectivity index (χ3n) is 3.73. The smallest absolute Gasteiger partial charge is 0.309 e. The van der Waals surface area contributed by atoms with Gasteiger partial charge >= 0.3 is 5.97 Å². The Morgan fingerprint density at radius 2 is 2.17 bits per heavy atom. The topological polar surface area (TPSA) is 57.5 Å². The second-order valence-corrected chi connectivity index (χ2v) is 4.42. The molecule has 0 aromatic rings. The zero-order valence-electron chi connectivity index (χ0n) is 7.16. The highest BCUT2D eigenvalue weighted by atomic mass is 16.4. The SMILES string of the molecule is C[C@@]1(C(=O)O)C[C@@H]2C[C@@H]1C[C@H]2O. The molecule has 2 fully saturated rings. The van der Waals surface area contributed by atoms with Crippen LogP contribution in [0.5, 0.6) is 0 Å². The monoisotopic (exact) mass is 170 g/mol. The standard InChI is InChI=1S/C9H14O3/c1-9(8(11)12)4-5-2-6(9)3-7(5)10/h5-7,10H,2-4H2,1H3,(H,11,12)/t5-,6+,7+,9+/m0/s1. The molecule has 3 nitrogen and oxygen atoms in total. The first-order valence-electron chi connectivity index (χ1n) is 4.45. The predicted molar refractivity (Wildman–Crippen MR) is 42.6 cm³/mol. The van der Waals surface area contributed by atoms with Crippen molar-refractivity contribution in [2.45, 2.75) is 32.3 Å². The number of fused-ring (bicyclic) bond motifs is 2. The van der Waals surface area contributed by atoms with Crippen molar-refractivity contribution in [2.24, 2.45) is 17.3 Å². The first-order valence-corrected chi connectivity index (χ1v) is 4.45. The van der Waals surface area contributed by atoms with Crippen LogP contribution in [0.3, 0.4) is 0 Å². The number of aliphatic carboxylic acids is 1.